The highest BCUT2D eigenvalue weighted by Gasteiger charge is 2.14. The number of aromatic hydroxyl groups is 1. The van der Waals surface area contributed by atoms with E-state index in [2.05, 4.69) is 4.98 Å². The molecule has 2 N–H and O–H groups in total. The number of H-pyrrole nitrogens is 1. The van der Waals surface area contributed by atoms with Crippen molar-refractivity contribution in [2.75, 3.05) is 0 Å². The molecule has 0 amide bonds. The van der Waals surface area contributed by atoms with E-state index in [9.17, 15) is 20.0 Å². The number of nitrogens with one attached hydrogen (secondary N) is 1. The fourth-order valence-electron chi connectivity index (χ4n) is 1.38. The monoisotopic (exact) mass is 206 g/mol. The number of hydrogen-bond donors (Lipinski definition) is 2. The minimum atomic E-state index is -0.655. The van der Waals surface area contributed by atoms with Gasteiger partial charge in [0.15, 0.2) is 0 Å². The molecule has 1 aromatic heterocycles. The molecule has 0 aliphatic rings. The van der Waals surface area contributed by atoms with Crippen LogP contribution in [0.1, 0.15) is 0 Å². The largest absolute Gasteiger partial charge is 0.508 e. The second-order valence-electron chi connectivity index (χ2n) is 3.01. The van der Waals surface area contributed by atoms with Crippen LogP contribution >= 0.6 is 0 Å². The summed E-state index contributed by atoms with van der Waals surface area (Å²) in [6, 6.07) is 5.00. The number of nitro groups is 1. The van der Waals surface area contributed by atoms with Crippen molar-refractivity contribution < 1.29 is 10.0 Å². The van der Waals surface area contributed by atoms with Gasteiger partial charge in [-0.25, -0.2) is 0 Å². The van der Waals surface area contributed by atoms with E-state index in [0.29, 0.717) is 5.39 Å². The van der Waals surface area contributed by atoms with E-state index >= 15 is 0 Å². The summed E-state index contributed by atoms with van der Waals surface area (Å²) in [4.78, 5) is 23.4. The molecular weight excluding hydrogens is 200 g/mol. The minimum Gasteiger partial charge on any atom is -0.508 e. The minimum absolute atomic E-state index is 0.116. The number of nitro benzene ring substituents is 1. The highest BCUT2D eigenvalue weighted by atomic mass is 16.6. The van der Waals surface area contributed by atoms with Crippen LogP contribution in [0.25, 0.3) is 10.9 Å². The molecule has 0 unspecified atom stereocenters. The normalized spacial score (nSPS) is 10.4. The summed E-state index contributed by atoms with van der Waals surface area (Å²) in [6.07, 6.45) is 0. The molecule has 0 radical (unpaired) electrons. The lowest BCUT2D eigenvalue weighted by atomic mass is 10.2. The van der Waals surface area contributed by atoms with Crippen LogP contribution in [0.3, 0.4) is 0 Å². The predicted molar refractivity (Wildman–Crippen MR) is 52.9 cm³/mol. The second-order valence-corrected chi connectivity index (χ2v) is 3.01. The Kier molecular flexibility index (Phi) is 1.89. The van der Waals surface area contributed by atoms with E-state index in [0.717, 1.165) is 6.07 Å². The van der Waals surface area contributed by atoms with Crippen LogP contribution in [-0.2, 0) is 0 Å². The molecule has 6 nitrogen and oxygen atoms in total. The maximum atomic E-state index is 11.0. The first-order valence-corrected chi connectivity index (χ1v) is 4.08. The van der Waals surface area contributed by atoms with Crippen LogP contribution < -0.4 is 5.56 Å². The molecule has 2 aromatic rings. The highest BCUT2D eigenvalue weighted by molar-refractivity contribution is 5.88. The summed E-state index contributed by atoms with van der Waals surface area (Å²) >= 11 is 0. The van der Waals surface area contributed by atoms with Gasteiger partial charge in [-0.15, -0.1) is 0 Å². The van der Waals surface area contributed by atoms with Gasteiger partial charge >= 0.3 is 0 Å². The van der Waals surface area contributed by atoms with Gasteiger partial charge in [0.2, 0.25) is 5.56 Å². The van der Waals surface area contributed by atoms with Gasteiger partial charge < -0.3 is 10.1 Å². The lowest BCUT2D eigenvalue weighted by Gasteiger charge is -1.99. The topological polar surface area (TPSA) is 96.2 Å². The fraction of sp³-hybridized carbons (Fsp3) is 0. The highest BCUT2D eigenvalue weighted by Crippen LogP contribution is 2.27. The standard InChI is InChI=1S/C9H6N2O4/c12-6-3-5-1-2-8(13)10-9(5)7(4-6)11(14)15/h1-4,12H,(H,10,13). The quantitative estimate of drug-likeness (QED) is 0.540. The number of phenols is 1. The van der Waals surface area contributed by atoms with Crippen molar-refractivity contribution in [3.8, 4) is 5.75 Å². The summed E-state index contributed by atoms with van der Waals surface area (Å²) in [6.45, 7) is 0. The molecule has 0 fully saturated rings. The van der Waals surface area contributed by atoms with Crippen molar-refractivity contribution in [3.63, 3.8) is 0 Å². The summed E-state index contributed by atoms with van der Waals surface area (Å²) in [5, 5.41) is 20.3. The average molecular weight is 206 g/mol. The van der Waals surface area contributed by atoms with E-state index < -0.39 is 10.5 Å². The maximum absolute atomic E-state index is 11.0. The predicted octanol–water partition coefficient (Wildman–Crippen LogP) is 1.14. The first-order valence-electron chi connectivity index (χ1n) is 4.08. The van der Waals surface area contributed by atoms with Crippen molar-refractivity contribution in [2.24, 2.45) is 0 Å². The lowest BCUT2D eigenvalue weighted by Crippen LogP contribution is -2.04. The number of pyridine rings is 1. The zero-order valence-electron chi connectivity index (χ0n) is 7.43. The first-order chi connectivity index (χ1) is 7.08. The van der Waals surface area contributed by atoms with Gasteiger partial charge in [-0.1, -0.05) is 0 Å². The van der Waals surface area contributed by atoms with E-state index in [1.54, 1.807) is 0 Å². The SMILES string of the molecule is O=c1ccc2cc(O)cc([N+](=O)[O-])c2[nH]1. The molecule has 0 aliphatic carbocycles. The van der Waals surface area contributed by atoms with Crippen LogP contribution in [0.2, 0.25) is 0 Å². The third-order valence-corrected chi connectivity index (χ3v) is 1.99. The molecule has 0 aliphatic heterocycles. The molecule has 0 bridgehead atoms. The number of hydrogen-bond acceptors (Lipinski definition) is 4. The Bertz CT molecular complexity index is 603. The number of benzene rings is 1. The molecule has 2 rings (SSSR count). The zero-order chi connectivity index (χ0) is 11.0. The van der Waals surface area contributed by atoms with E-state index in [-0.39, 0.29) is 17.0 Å². The van der Waals surface area contributed by atoms with Gasteiger partial charge in [-0.3, -0.25) is 14.9 Å². The van der Waals surface area contributed by atoms with Crippen LogP contribution in [-0.4, -0.2) is 15.0 Å². The number of fused-ring (bicyclic) bond motifs is 1. The van der Waals surface area contributed by atoms with Gasteiger partial charge in [0.05, 0.1) is 11.0 Å². The number of phenolic OH excluding ortho intramolecular Hbond substituents is 1. The van der Waals surface area contributed by atoms with Gasteiger partial charge in [0.1, 0.15) is 11.3 Å². The number of aromatic nitrogens is 1. The summed E-state index contributed by atoms with van der Waals surface area (Å²) in [5.41, 5.74) is -0.621. The molecule has 1 heterocycles. The van der Waals surface area contributed by atoms with Gasteiger partial charge in [-0.05, 0) is 12.1 Å². The fourth-order valence-corrected chi connectivity index (χ4v) is 1.38. The van der Waals surface area contributed by atoms with E-state index in [1.807, 2.05) is 0 Å². The average Bonchev–Trinajstić information content (AvgIpc) is 2.17. The lowest BCUT2D eigenvalue weighted by molar-refractivity contribution is -0.383. The van der Waals surface area contributed by atoms with Crippen molar-refractivity contribution in [3.05, 3.63) is 44.7 Å². The van der Waals surface area contributed by atoms with Gasteiger partial charge in [0.25, 0.3) is 5.69 Å². The molecule has 0 atom stereocenters. The van der Waals surface area contributed by atoms with Crippen LogP contribution in [0.4, 0.5) is 5.69 Å². The second kappa shape index (κ2) is 3.09. The van der Waals surface area contributed by atoms with Crippen LogP contribution in [0, 0.1) is 10.1 Å². The molecular formula is C9H6N2O4. The van der Waals surface area contributed by atoms with Gasteiger partial charge in [-0.2, -0.15) is 0 Å². The number of non-ortho nitro benzene ring substituents is 1. The third kappa shape index (κ3) is 1.52. The number of nitrogens with zero attached hydrogens (tertiary/aromatic N) is 1. The van der Waals surface area contributed by atoms with E-state index in [1.165, 1.54) is 18.2 Å². The Morgan fingerprint density at radius 1 is 1.33 bits per heavy atom. The molecule has 76 valence electrons. The van der Waals surface area contributed by atoms with E-state index in [4.69, 9.17) is 0 Å². The molecule has 1 aromatic carbocycles. The Morgan fingerprint density at radius 3 is 2.73 bits per heavy atom. The molecule has 15 heavy (non-hydrogen) atoms. The Labute approximate surface area is 82.9 Å². The number of rotatable bonds is 1. The van der Waals surface area contributed by atoms with Crippen LogP contribution in [0.15, 0.2) is 29.1 Å². The van der Waals surface area contributed by atoms with Crippen molar-refractivity contribution >= 4 is 16.6 Å². The molecule has 0 saturated carbocycles. The number of aromatic amines is 1. The smallest absolute Gasteiger partial charge is 0.297 e. The summed E-state index contributed by atoms with van der Waals surface area (Å²) in [7, 11) is 0. The summed E-state index contributed by atoms with van der Waals surface area (Å²) in [5.74, 6) is -0.207. The molecule has 6 heteroatoms. The van der Waals surface area contributed by atoms with Crippen molar-refractivity contribution in [2.45, 2.75) is 0 Å². The Balaban J connectivity index is 2.94. The zero-order valence-corrected chi connectivity index (χ0v) is 7.43. The Morgan fingerprint density at radius 2 is 2.07 bits per heavy atom. The van der Waals surface area contributed by atoms with Crippen molar-refractivity contribution in [1.82, 2.24) is 4.98 Å². The maximum Gasteiger partial charge on any atom is 0.297 e. The Hall–Kier alpha value is -2.37. The third-order valence-electron chi connectivity index (χ3n) is 1.99. The first kappa shape index (κ1) is 9.20. The summed E-state index contributed by atoms with van der Waals surface area (Å²) < 4.78 is 0. The van der Waals surface area contributed by atoms with Crippen molar-refractivity contribution in [1.29, 1.82) is 0 Å². The van der Waals surface area contributed by atoms with Gasteiger partial charge in [0, 0.05) is 11.5 Å². The molecule has 0 spiro atoms. The molecule has 0 saturated heterocycles. The van der Waals surface area contributed by atoms with Crippen LogP contribution in [0.5, 0.6) is 5.75 Å².